The summed E-state index contributed by atoms with van der Waals surface area (Å²) < 4.78 is 26.9. The molecule has 0 spiro atoms. The Kier molecular flexibility index (Phi) is 3.80. The summed E-state index contributed by atoms with van der Waals surface area (Å²) in [6, 6.07) is 11.8. The number of aromatic nitrogens is 3. The topological polar surface area (TPSA) is 84.8 Å². The fourth-order valence-corrected chi connectivity index (χ4v) is 2.92. The molecule has 0 fully saturated rings. The maximum Gasteiger partial charge on any atom is 0.263 e. The Balaban J connectivity index is 1.86. The molecule has 0 atom stereocenters. The van der Waals surface area contributed by atoms with Crippen molar-refractivity contribution in [3.63, 3.8) is 0 Å². The summed E-state index contributed by atoms with van der Waals surface area (Å²) in [5, 5.41) is 0. The zero-order chi connectivity index (χ0) is 15.4. The van der Waals surface area contributed by atoms with Gasteiger partial charge in [0.15, 0.2) is 0 Å². The molecular weight excluding hydrogens is 300 g/mol. The number of sulfonamides is 1. The second-order valence-corrected chi connectivity index (χ2v) is 6.15. The zero-order valence-corrected chi connectivity index (χ0v) is 12.2. The van der Waals surface area contributed by atoms with Crippen LogP contribution >= 0.6 is 0 Å². The SMILES string of the molecule is O=S(=O)(Nc1ccncn1)c1ccc(-c2cccnc2)cc1. The summed E-state index contributed by atoms with van der Waals surface area (Å²) in [5.41, 5.74) is 1.82. The van der Waals surface area contributed by atoms with E-state index in [1.54, 1.807) is 36.7 Å². The highest BCUT2D eigenvalue weighted by molar-refractivity contribution is 7.92. The van der Waals surface area contributed by atoms with Gasteiger partial charge in [-0.15, -0.1) is 0 Å². The van der Waals surface area contributed by atoms with E-state index in [1.807, 2.05) is 12.1 Å². The van der Waals surface area contributed by atoms with Gasteiger partial charge in [0.1, 0.15) is 12.1 Å². The molecule has 0 aliphatic carbocycles. The summed E-state index contributed by atoms with van der Waals surface area (Å²) in [6.45, 7) is 0. The van der Waals surface area contributed by atoms with E-state index in [-0.39, 0.29) is 10.7 Å². The van der Waals surface area contributed by atoms with E-state index < -0.39 is 10.0 Å². The Morgan fingerprint density at radius 3 is 2.32 bits per heavy atom. The van der Waals surface area contributed by atoms with E-state index in [9.17, 15) is 8.42 Å². The van der Waals surface area contributed by atoms with Crippen molar-refractivity contribution in [1.29, 1.82) is 0 Å². The first-order valence-electron chi connectivity index (χ1n) is 6.44. The molecule has 0 radical (unpaired) electrons. The third kappa shape index (κ3) is 3.09. The van der Waals surface area contributed by atoms with Crippen LogP contribution in [0.4, 0.5) is 5.82 Å². The molecule has 0 saturated heterocycles. The van der Waals surface area contributed by atoms with Crippen molar-refractivity contribution in [3.05, 3.63) is 67.4 Å². The van der Waals surface area contributed by atoms with Crippen LogP contribution in [0.5, 0.6) is 0 Å². The first kappa shape index (κ1) is 14.2. The van der Waals surface area contributed by atoms with Gasteiger partial charge in [-0.05, 0) is 35.4 Å². The molecule has 3 aromatic rings. The fraction of sp³-hybridized carbons (Fsp3) is 0. The molecule has 1 aromatic carbocycles. The molecule has 3 rings (SSSR count). The Bertz CT molecular complexity index is 851. The van der Waals surface area contributed by atoms with Gasteiger partial charge < -0.3 is 0 Å². The second kappa shape index (κ2) is 5.90. The van der Waals surface area contributed by atoms with E-state index in [1.165, 1.54) is 18.6 Å². The van der Waals surface area contributed by atoms with Gasteiger partial charge in [0.25, 0.3) is 10.0 Å². The first-order valence-corrected chi connectivity index (χ1v) is 7.93. The van der Waals surface area contributed by atoms with Gasteiger partial charge in [-0.3, -0.25) is 9.71 Å². The van der Waals surface area contributed by atoms with Crippen LogP contribution in [-0.4, -0.2) is 23.4 Å². The molecule has 22 heavy (non-hydrogen) atoms. The fourth-order valence-electron chi connectivity index (χ4n) is 1.91. The third-order valence-electron chi connectivity index (χ3n) is 2.98. The van der Waals surface area contributed by atoms with Gasteiger partial charge in [-0.25, -0.2) is 18.4 Å². The third-order valence-corrected chi connectivity index (χ3v) is 4.35. The summed E-state index contributed by atoms with van der Waals surface area (Å²) >= 11 is 0. The van der Waals surface area contributed by atoms with Gasteiger partial charge in [0.2, 0.25) is 0 Å². The van der Waals surface area contributed by atoms with Gasteiger partial charge >= 0.3 is 0 Å². The van der Waals surface area contributed by atoms with E-state index >= 15 is 0 Å². The molecule has 1 N–H and O–H groups in total. The zero-order valence-electron chi connectivity index (χ0n) is 11.4. The minimum Gasteiger partial charge on any atom is -0.264 e. The molecule has 7 heteroatoms. The molecule has 0 unspecified atom stereocenters. The van der Waals surface area contributed by atoms with Crippen LogP contribution in [0.15, 0.2) is 72.3 Å². The summed E-state index contributed by atoms with van der Waals surface area (Å²) in [7, 11) is -3.67. The maximum absolute atomic E-state index is 12.3. The van der Waals surface area contributed by atoms with E-state index in [0.29, 0.717) is 0 Å². The van der Waals surface area contributed by atoms with E-state index in [2.05, 4.69) is 19.7 Å². The smallest absolute Gasteiger partial charge is 0.263 e. The second-order valence-electron chi connectivity index (χ2n) is 4.47. The normalized spacial score (nSPS) is 11.1. The van der Waals surface area contributed by atoms with Gasteiger partial charge in [-0.1, -0.05) is 18.2 Å². The minimum atomic E-state index is -3.67. The average Bonchev–Trinajstić information content (AvgIpc) is 2.56. The van der Waals surface area contributed by atoms with Crippen molar-refractivity contribution in [2.24, 2.45) is 0 Å². The number of nitrogens with one attached hydrogen (secondary N) is 1. The number of pyridine rings is 1. The lowest BCUT2D eigenvalue weighted by Crippen LogP contribution is -2.13. The molecule has 2 aromatic heterocycles. The Hall–Kier alpha value is -2.80. The predicted molar refractivity (Wildman–Crippen MR) is 82.5 cm³/mol. The van der Waals surface area contributed by atoms with E-state index in [4.69, 9.17) is 0 Å². The van der Waals surface area contributed by atoms with Crippen LogP contribution in [0.3, 0.4) is 0 Å². The number of hydrogen-bond donors (Lipinski definition) is 1. The number of anilines is 1. The predicted octanol–water partition coefficient (Wildman–Crippen LogP) is 2.34. The largest absolute Gasteiger partial charge is 0.264 e. The van der Waals surface area contributed by atoms with Crippen molar-refractivity contribution < 1.29 is 8.42 Å². The number of nitrogens with zero attached hydrogens (tertiary/aromatic N) is 3. The molecule has 0 aliphatic rings. The van der Waals surface area contributed by atoms with Crippen molar-refractivity contribution in [2.75, 3.05) is 4.72 Å². The molecule has 110 valence electrons. The summed E-state index contributed by atoms with van der Waals surface area (Å²) in [5.74, 6) is 0.228. The molecule has 2 heterocycles. The molecule has 0 amide bonds. The van der Waals surface area contributed by atoms with E-state index in [0.717, 1.165) is 11.1 Å². The highest BCUT2D eigenvalue weighted by Crippen LogP contribution is 2.21. The Morgan fingerprint density at radius 2 is 1.68 bits per heavy atom. The minimum absolute atomic E-state index is 0.166. The highest BCUT2D eigenvalue weighted by atomic mass is 32.2. The summed E-state index contributed by atoms with van der Waals surface area (Å²) in [6.07, 6.45) is 6.16. The van der Waals surface area contributed by atoms with Crippen LogP contribution in [0.2, 0.25) is 0 Å². The van der Waals surface area contributed by atoms with Crippen molar-refractivity contribution in [3.8, 4) is 11.1 Å². The quantitative estimate of drug-likeness (QED) is 0.799. The molecule has 0 bridgehead atoms. The van der Waals surface area contributed by atoms with Crippen molar-refractivity contribution >= 4 is 15.8 Å². The lowest BCUT2D eigenvalue weighted by molar-refractivity contribution is 0.601. The Labute approximate surface area is 128 Å². The van der Waals surface area contributed by atoms with Crippen LogP contribution in [0.25, 0.3) is 11.1 Å². The standard InChI is InChI=1S/C15H12N4O2S/c20-22(21,19-15-7-9-17-11-18-15)14-5-3-12(4-6-14)13-2-1-8-16-10-13/h1-11H,(H,17,18,19). The van der Waals surface area contributed by atoms with Crippen LogP contribution in [-0.2, 0) is 10.0 Å². The Morgan fingerprint density at radius 1 is 0.864 bits per heavy atom. The van der Waals surface area contributed by atoms with Crippen molar-refractivity contribution in [2.45, 2.75) is 4.90 Å². The van der Waals surface area contributed by atoms with Crippen LogP contribution < -0.4 is 4.72 Å². The number of benzene rings is 1. The lowest BCUT2D eigenvalue weighted by atomic mass is 10.1. The first-order chi connectivity index (χ1) is 10.6. The van der Waals surface area contributed by atoms with Crippen molar-refractivity contribution in [1.82, 2.24) is 15.0 Å². The van der Waals surface area contributed by atoms with Gasteiger partial charge in [-0.2, -0.15) is 0 Å². The monoisotopic (exact) mass is 312 g/mol. The molecule has 0 saturated carbocycles. The maximum atomic E-state index is 12.3. The highest BCUT2D eigenvalue weighted by Gasteiger charge is 2.14. The molecule has 0 aliphatic heterocycles. The van der Waals surface area contributed by atoms with Gasteiger partial charge in [0.05, 0.1) is 4.90 Å². The number of hydrogen-bond acceptors (Lipinski definition) is 5. The summed E-state index contributed by atoms with van der Waals surface area (Å²) in [4.78, 5) is 11.8. The molecule has 6 nitrogen and oxygen atoms in total. The number of rotatable bonds is 4. The average molecular weight is 312 g/mol. The lowest BCUT2D eigenvalue weighted by Gasteiger charge is -2.07. The molecular formula is C15H12N4O2S. The van der Waals surface area contributed by atoms with Crippen LogP contribution in [0.1, 0.15) is 0 Å². The van der Waals surface area contributed by atoms with Crippen LogP contribution in [0, 0.1) is 0 Å². The van der Waals surface area contributed by atoms with Gasteiger partial charge in [0, 0.05) is 18.6 Å².